The molecule has 0 aromatic heterocycles. The molecule has 7 heteroatoms. The Morgan fingerprint density at radius 3 is 2.25 bits per heavy atom. The molecule has 24 heavy (non-hydrogen) atoms. The summed E-state index contributed by atoms with van der Waals surface area (Å²) in [5.74, 6) is -0.0231. The standard InChI is InChI=1S/C17H25N3O3S/c1-4-20(5-2)24(22,23)16-10-7-15(8-11-16)9-12-17(21)19(3)14-6-13-18/h7-8,10-11H,4-6,9,12,14H2,1-3H3. The van der Waals surface area contributed by atoms with Crippen LogP contribution in [0.15, 0.2) is 29.2 Å². The largest absolute Gasteiger partial charge is 0.345 e. The molecule has 0 saturated carbocycles. The van der Waals surface area contributed by atoms with Crippen molar-refractivity contribution < 1.29 is 13.2 Å². The summed E-state index contributed by atoms with van der Waals surface area (Å²) < 4.78 is 26.2. The molecule has 0 fully saturated rings. The molecule has 0 saturated heterocycles. The van der Waals surface area contributed by atoms with Crippen LogP contribution in [0.25, 0.3) is 0 Å². The number of carbonyl (C=O) groups excluding carboxylic acids is 1. The number of rotatable bonds is 9. The minimum absolute atomic E-state index is 0.0231. The fourth-order valence-electron chi connectivity index (χ4n) is 2.33. The van der Waals surface area contributed by atoms with E-state index in [-0.39, 0.29) is 10.8 Å². The van der Waals surface area contributed by atoms with Gasteiger partial charge in [-0.1, -0.05) is 26.0 Å². The second-order valence-corrected chi connectivity index (χ2v) is 7.39. The summed E-state index contributed by atoms with van der Waals surface area (Å²) in [5, 5.41) is 8.53. The molecule has 0 aliphatic rings. The number of aryl methyl sites for hydroxylation is 1. The summed E-state index contributed by atoms with van der Waals surface area (Å²) in [5.41, 5.74) is 0.913. The molecule has 1 aromatic carbocycles. The van der Waals surface area contributed by atoms with E-state index < -0.39 is 10.0 Å². The van der Waals surface area contributed by atoms with Gasteiger partial charge in [0.05, 0.1) is 17.4 Å². The van der Waals surface area contributed by atoms with Gasteiger partial charge in [0.1, 0.15) is 0 Å². The van der Waals surface area contributed by atoms with Crippen molar-refractivity contribution in [2.45, 2.75) is 38.0 Å². The molecule has 6 nitrogen and oxygen atoms in total. The third-order valence-corrected chi connectivity index (χ3v) is 5.94. The highest BCUT2D eigenvalue weighted by molar-refractivity contribution is 7.89. The Labute approximate surface area is 144 Å². The van der Waals surface area contributed by atoms with Crippen molar-refractivity contribution in [3.63, 3.8) is 0 Å². The Morgan fingerprint density at radius 1 is 1.17 bits per heavy atom. The van der Waals surface area contributed by atoms with E-state index in [1.807, 2.05) is 19.9 Å². The third kappa shape index (κ3) is 5.32. The second kappa shape index (κ2) is 9.40. The van der Waals surface area contributed by atoms with Crippen LogP contribution in [0.5, 0.6) is 0 Å². The SMILES string of the molecule is CCN(CC)S(=O)(=O)c1ccc(CCC(=O)N(C)CCC#N)cc1. The van der Waals surface area contributed by atoms with Gasteiger partial charge in [-0.3, -0.25) is 4.79 Å². The van der Waals surface area contributed by atoms with Crippen LogP contribution < -0.4 is 0 Å². The average Bonchev–Trinajstić information content (AvgIpc) is 2.58. The lowest BCUT2D eigenvalue weighted by Crippen LogP contribution is -2.30. The van der Waals surface area contributed by atoms with Crippen LogP contribution in [-0.4, -0.2) is 50.2 Å². The van der Waals surface area contributed by atoms with Crippen LogP contribution in [0.4, 0.5) is 0 Å². The molecule has 0 unspecified atom stereocenters. The maximum absolute atomic E-state index is 12.4. The van der Waals surface area contributed by atoms with Crippen molar-refractivity contribution in [3.05, 3.63) is 29.8 Å². The first-order valence-electron chi connectivity index (χ1n) is 8.06. The quantitative estimate of drug-likeness (QED) is 0.681. The predicted molar refractivity (Wildman–Crippen MR) is 92.7 cm³/mol. The third-order valence-electron chi connectivity index (χ3n) is 3.88. The van der Waals surface area contributed by atoms with Gasteiger partial charge in [0, 0.05) is 33.1 Å². The van der Waals surface area contributed by atoms with Gasteiger partial charge in [0.25, 0.3) is 0 Å². The average molecular weight is 351 g/mol. The van der Waals surface area contributed by atoms with Crippen molar-refractivity contribution in [1.82, 2.24) is 9.21 Å². The summed E-state index contributed by atoms with van der Waals surface area (Å²) in [7, 11) is -1.77. The molecule has 0 heterocycles. The fourth-order valence-corrected chi connectivity index (χ4v) is 3.78. The van der Waals surface area contributed by atoms with Crippen LogP contribution in [0, 0.1) is 11.3 Å². The number of carbonyl (C=O) groups is 1. The van der Waals surface area contributed by atoms with Gasteiger partial charge in [-0.05, 0) is 24.1 Å². The van der Waals surface area contributed by atoms with E-state index in [1.165, 1.54) is 4.31 Å². The zero-order valence-electron chi connectivity index (χ0n) is 14.5. The smallest absolute Gasteiger partial charge is 0.243 e. The topological polar surface area (TPSA) is 81.5 Å². The molecular formula is C17H25N3O3S. The normalized spacial score (nSPS) is 11.3. The lowest BCUT2D eigenvalue weighted by atomic mass is 10.1. The van der Waals surface area contributed by atoms with Gasteiger partial charge in [-0.25, -0.2) is 8.42 Å². The highest BCUT2D eigenvalue weighted by atomic mass is 32.2. The Balaban J connectivity index is 2.69. The molecule has 0 spiro atoms. The van der Waals surface area contributed by atoms with Crippen molar-refractivity contribution in [1.29, 1.82) is 5.26 Å². The summed E-state index contributed by atoms with van der Waals surface area (Å²) in [6.07, 6.45) is 1.20. The number of benzene rings is 1. The zero-order valence-corrected chi connectivity index (χ0v) is 15.3. The minimum Gasteiger partial charge on any atom is -0.345 e. The number of sulfonamides is 1. The molecule has 0 N–H and O–H groups in total. The van der Waals surface area contributed by atoms with Crippen molar-refractivity contribution in [2.75, 3.05) is 26.7 Å². The molecule has 0 aliphatic carbocycles. The van der Waals surface area contributed by atoms with Crippen LogP contribution in [0.2, 0.25) is 0 Å². The Hall–Kier alpha value is -1.91. The van der Waals surface area contributed by atoms with Crippen molar-refractivity contribution in [3.8, 4) is 6.07 Å². The Bertz CT molecular complexity index is 674. The summed E-state index contributed by atoms with van der Waals surface area (Å²) >= 11 is 0. The molecule has 1 aromatic rings. The van der Waals surface area contributed by atoms with Crippen molar-refractivity contribution >= 4 is 15.9 Å². The zero-order chi connectivity index (χ0) is 18.2. The monoisotopic (exact) mass is 351 g/mol. The minimum atomic E-state index is -3.45. The number of hydrogen-bond acceptors (Lipinski definition) is 4. The van der Waals surface area contributed by atoms with Gasteiger partial charge in [0.15, 0.2) is 0 Å². The molecule has 0 radical (unpaired) electrons. The number of amides is 1. The lowest BCUT2D eigenvalue weighted by molar-refractivity contribution is -0.129. The van der Waals surface area contributed by atoms with Gasteiger partial charge in [-0.15, -0.1) is 0 Å². The van der Waals surface area contributed by atoms with Crippen LogP contribution in [0.3, 0.4) is 0 Å². The molecule has 1 rings (SSSR count). The fraction of sp³-hybridized carbons (Fsp3) is 0.529. The number of nitrogens with zero attached hydrogens (tertiary/aromatic N) is 3. The van der Waals surface area contributed by atoms with Crippen LogP contribution in [-0.2, 0) is 21.2 Å². The maximum atomic E-state index is 12.4. The highest BCUT2D eigenvalue weighted by Crippen LogP contribution is 2.17. The van der Waals surface area contributed by atoms with Crippen LogP contribution >= 0.6 is 0 Å². The molecule has 0 bridgehead atoms. The van der Waals surface area contributed by atoms with E-state index in [4.69, 9.17) is 5.26 Å². The van der Waals surface area contributed by atoms with E-state index in [2.05, 4.69) is 0 Å². The first kappa shape index (κ1) is 20.1. The van der Waals surface area contributed by atoms with Crippen LogP contribution in [0.1, 0.15) is 32.3 Å². The molecular weight excluding hydrogens is 326 g/mol. The highest BCUT2D eigenvalue weighted by Gasteiger charge is 2.21. The van der Waals surface area contributed by atoms with Gasteiger partial charge < -0.3 is 4.90 Å². The van der Waals surface area contributed by atoms with Gasteiger partial charge in [-0.2, -0.15) is 9.57 Å². The van der Waals surface area contributed by atoms with E-state index in [1.54, 1.807) is 36.2 Å². The maximum Gasteiger partial charge on any atom is 0.243 e. The molecule has 1 amide bonds. The molecule has 0 atom stereocenters. The number of hydrogen-bond donors (Lipinski definition) is 0. The first-order valence-corrected chi connectivity index (χ1v) is 9.50. The Morgan fingerprint density at radius 2 is 1.75 bits per heavy atom. The van der Waals surface area contributed by atoms with Gasteiger partial charge >= 0.3 is 0 Å². The van der Waals surface area contributed by atoms with Crippen molar-refractivity contribution in [2.24, 2.45) is 0 Å². The summed E-state index contributed by atoms with van der Waals surface area (Å²) in [6, 6.07) is 8.69. The molecule has 0 aliphatic heterocycles. The first-order chi connectivity index (χ1) is 11.4. The Kier molecular flexibility index (Phi) is 7.89. The van der Waals surface area contributed by atoms with Gasteiger partial charge in [0.2, 0.25) is 15.9 Å². The lowest BCUT2D eigenvalue weighted by Gasteiger charge is -2.18. The second-order valence-electron chi connectivity index (χ2n) is 5.46. The number of nitriles is 1. The molecule has 132 valence electrons. The van der Waals surface area contributed by atoms with E-state index in [9.17, 15) is 13.2 Å². The summed E-state index contributed by atoms with van der Waals surface area (Å²) in [6.45, 7) is 4.91. The predicted octanol–water partition coefficient (Wildman–Crippen LogP) is 2.02. The van der Waals surface area contributed by atoms with E-state index in [0.717, 1.165) is 5.56 Å². The van der Waals surface area contributed by atoms with E-state index >= 15 is 0 Å². The van der Waals surface area contributed by atoms with E-state index in [0.29, 0.717) is 38.9 Å². The summed E-state index contributed by atoms with van der Waals surface area (Å²) in [4.78, 5) is 13.7.